The summed E-state index contributed by atoms with van der Waals surface area (Å²) in [6, 6.07) is 7.84. The number of nitrogens with one attached hydrogen (secondary N) is 3. The highest BCUT2D eigenvalue weighted by molar-refractivity contribution is 5.98. The zero-order valence-electron chi connectivity index (χ0n) is 15.3. The number of fused-ring (bicyclic) bond motifs is 1. The fourth-order valence-electron chi connectivity index (χ4n) is 2.32. The molecular formula is C16H16N10O2. The number of aromatic nitrogens is 6. The van der Waals surface area contributed by atoms with Gasteiger partial charge in [0.25, 0.3) is 0 Å². The molecule has 142 valence electrons. The maximum absolute atomic E-state index is 4.70. The average Bonchev–Trinajstić information content (AvgIpc) is 3.33. The second-order valence-electron chi connectivity index (χ2n) is 5.96. The first-order chi connectivity index (χ1) is 13.6. The Morgan fingerprint density at radius 3 is 2.21 bits per heavy atom. The molecule has 12 heteroatoms. The van der Waals surface area contributed by atoms with Gasteiger partial charge in [-0.1, -0.05) is 22.9 Å². The molecule has 4 aromatic rings. The fraction of sp³-hybridized carbons (Fsp3) is 0.188. The smallest absolute Gasteiger partial charge is 0.245 e. The monoisotopic (exact) mass is 380 g/mol. The molecular weight excluding hydrogens is 364 g/mol. The molecule has 12 nitrogen and oxygen atoms in total. The van der Waals surface area contributed by atoms with E-state index in [1.54, 1.807) is 13.8 Å². The van der Waals surface area contributed by atoms with Gasteiger partial charge >= 0.3 is 0 Å². The number of benzene rings is 1. The van der Waals surface area contributed by atoms with Gasteiger partial charge in [0.2, 0.25) is 11.3 Å². The Bertz CT molecular complexity index is 1130. The number of hydrogen-bond donors (Lipinski definition) is 3. The second-order valence-corrected chi connectivity index (χ2v) is 5.96. The van der Waals surface area contributed by atoms with E-state index in [0.29, 0.717) is 28.7 Å². The van der Waals surface area contributed by atoms with Crippen LogP contribution >= 0.6 is 0 Å². The van der Waals surface area contributed by atoms with Crippen LogP contribution in [0, 0.1) is 13.8 Å². The molecule has 0 fully saturated rings. The average molecular weight is 380 g/mol. The molecule has 0 amide bonds. The van der Waals surface area contributed by atoms with Gasteiger partial charge in [0.05, 0.1) is 11.4 Å². The van der Waals surface area contributed by atoms with Gasteiger partial charge < -0.3 is 0 Å². The Morgan fingerprint density at radius 1 is 0.857 bits per heavy atom. The highest BCUT2D eigenvalue weighted by atomic mass is 16.6. The van der Waals surface area contributed by atoms with Crippen molar-refractivity contribution in [1.29, 1.82) is 0 Å². The lowest BCUT2D eigenvalue weighted by Crippen LogP contribution is -2.13. The van der Waals surface area contributed by atoms with Crippen molar-refractivity contribution >= 4 is 34.3 Å². The van der Waals surface area contributed by atoms with Gasteiger partial charge in [0, 0.05) is 0 Å². The summed E-state index contributed by atoms with van der Waals surface area (Å²) in [5.74, 6) is 0.673. The van der Waals surface area contributed by atoms with Crippen molar-refractivity contribution in [1.82, 2.24) is 30.6 Å². The van der Waals surface area contributed by atoms with E-state index in [0.717, 1.165) is 11.3 Å². The molecule has 0 bridgehead atoms. The normalized spacial score (nSPS) is 11.6. The van der Waals surface area contributed by atoms with Crippen molar-refractivity contribution in [2.24, 2.45) is 5.10 Å². The molecule has 3 heterocycles. The predicted molar refractivity (Wildman–Crippen MR) is 101 cm³/mol. The lowest BCUT2D eigenvalue weighted by Gasteiger charge is -2.11. The van der Waals surface area contributed by atoms with E-state index < -0.39 is 0 Å². The third-order valence-corrected chi connectivity index (χ3v) is 3.82. The third-order valence-electron chi connectivity index (χ3n) is 3.82. The Kier molecular flexibility index (Phi) is 4.50. The van der Waals surface area contributed by atoms with Gasteiger partial charge in [-0.3, -0.25) is 16.3 Å². The predicted octanol–water partition coefficient (Wildman–Crippen LogP) is 2.29. The largest absolute Gasteiger partial charge is 0.300 e. The number of anilines is 3. The SMILES string of the molecule is C/C(=N/Nc1nc2nonc2nc1NNc1ccc(C)cc1)c1nonc1C. The van der Waals surface area contributed by atoms with Gasteiger partial charge in [-0.15, -0.1) is 0 Å². The molecule has 0 atom stereocenters. The molecule has 0 aliphatic carbocycles. The molecule has 0 saturated heterocycles. The molecule has 0 radical (unpaired) electrons. The van der Waals surface area contributed by atoms with E-state index in [4.69, 9.17) is 4.63 Å². The van der Waals surface area contributed by atoms with Crippen molar-refractivity contribution < 1.29 is 9.26 Å². The topological polar surface area (TPSA) is 152 Å². The molecule has 3 aromatic heterocycles. The van der Waals surface area contributed by atoms with E-state index in [1.807, 2.05) is 31.2 Å². The van der Waals surface area contributed by atoms with Crippen LogP contribution in [0.2, 0.25) is 0 Å². The van der Waals surface area contributed by atoms with E-state index in [-0.39, 0.29) is 11.3 Å². The van der Waals surface area contributed by atoms with E-state index in [1.165, 1.54) is 0 Å². The van der Waals surface area contributed by atoms with E-state index in [2.05, 4.69) is 56.6 Å². The standard InChI is InChI=1S/C16H16N10O2/c1-8-4-6-11(7-5-8)20-22-14-13(17-15-16(18-14)26-28-25-15)21-19-9(2)12-10(3)23-27-24-12/h4-7,20H,1-3H3,(H,17,21,25)(H,18,22,26)/b19-9-. The van der Waals surface area contributed by atoms with E-state index >= 15 is 0 Å². The maximum Gasteiger partial charge on any atom is 0.245 e. The van der Waals surface area contributed by atoms with Gasteiger partial charge in [0.1, 0.15) is 5.69 Å². The van der Waals surface area contributed by atoms with Gasteiger partial charge in [-0.2, -0.15) is 15.1 Å². The van der Waals surface area contributed by atoms with Crippen molar-refractivity contribution in [2.45, 2.75) is 20.8 Å². The van der Waals surface area contributed by atoms with Crippen LogP contribution in [0.5, 0.6) is 0 Å². The highest BCUT2D eigenvalue weighted by Gasteiger charge is 2.14. The van der Waals surface area contributed by atoms with Gasteiger partial charge in [-0.25, -0.2) is 9.26 Å². The van der Waals surface area contributed by atoms with Crippen LogP contribution in [0.3, 0.4) is 0 Å². The molecule has 0 spiro atoms. The first kappa shape index (κ1) is 17.3. The molecule has 0 aliphatic rings. The van der Waals surface area contributed by atoms with Crippen molar-refractivity contribution in [3.63, 3.8) is 0 Å². The quantitative estimate of drug-likeness (QED) is 0.333. The summed E-state index contributed by atoms with van der Waals surface area (Å²) >= 11 is 0. The molecule has 28 heavy (non-hydrogen) atoms. The van der Waals surface area contributed by atoms with Crippen molar-refractivity contribution in [3.05, 3.63) is 41.2 Å². The Labute approximate surface area is 158 Å². The van der Waals surface area contributed by atoms with Crippen LogP contribution in [0.15, 0.2) is 38.6 Å². The van der Waals surface area contributed by atoms with Crippen LogP contribution < -0.4 is 16.3 Å². The Hall–Kier alpha value is -4.09. The number of hydrogen-bond acceptors (Lipinski definition) is 12. The number of aryl methyl sites for hydroxylation is 2. The summed E-state index contributed by atoms with van der Waals surface area (Å²) in [4.78, 5) is 8.67. The summed E-state index contributed by atoms with van der Waals surface area (Å²) < 4.78 is 9.38. The van der Waals surface area contributed by atoms with Crippen LogP contribution in [-0.2, 0) is 0 Å². The summed E-state index contributed by atoms with van der Waals surface area (Å²) in [6.07, 6.45) is 0. The molecule has 0 unspecified atom stereocenters. The van der Waals surface area contributed by atoms with Crippen molar-refractivity contribution in [2.75, 3.05) is 16.3 Å². The molecule has 3 N–H and O–H groups in total. The maximum atomic E-state index is 4.70. The summed E-state index contributed by atoms with van der Waals surface area (Å²) in [7, 11) is 0. The Morgan fingerprint density at radius 2 is 1.54 bits per heavy atom. The fourth-order valence-corrected chi connectivity index (χ4v) is 2.32. The number of rotatable bonds is 6. The molecule has 0 aliphatic heterocycles. The number of nitrogens with zero attached hydrogens (tertiary/aromatic N) is 7. The summed E-state index contributed by atoms with van der Waals surface area (Å²) in [6.45, 7) is 5.56. The minimum Gasteiger partial charge on any atom is -0.300 e. The second kappa shape index (κ2) is 7.26. The third kappa shape index (κ3) is 3.56. The van der Waals surface area contributed by atoms with Crippen LogP contribution in [-0.4, -0.2) is 36.3 Å². The highest BCUT2D eigenvalue weighted by Crippen LogP contribution is 2.20. The summed E-state index contributed by atoms with van der Waals surface area (Å²) in [5, 5.41) is 19.2. The Balaban J connectivity index is 1.59. The number of hydrazone groups is 1. The van der Waals surface area contributed by atoms with Crippen LogP contribution in [0.1, 0.15) is 23.9 Å². The summed E-state index contributed by atoms with van der Waals surface area (Å²) in [5.41, 5.74) is 13.1. The molecule has 4 rings (SSSR count). The zero-order valence-corrected chi connectivity index (χ0v) is 15.3. The molecule has 0 saturated carbocycles. The lowest BCUT2D eigenvalue weighted by atomic mass is 10.2. The van der Waals surface area contributed by atoms with Gasteiger partial charge in [-0.05, 0) is 48.4 Å². The minimum atomic E-state index is 0.246. The first-order valence-electron chi connectivity index (χ1n) is 8.29. The molecule has 1 aromatic carbocycles. The zero-order chi connectivity index (χ0) is 19.5. The minimum absolute atomic E-state index is 0.246. The van der Waals surface area contributed by atoms with E-state index in [9.17, 15) is 0 Å². The van der Waals surface area contributed by atoms with Crippen LogP contribution in [0.25, 0.3) is 11.3 Å². The first-order valence-corrected chi connectivity index (χ1v) is 8.29. The lowest BCUT2D eigenvalue weighted by molar-refractivity contribution is 0.304. The van der Waals surface area contributed by atoms with Crippen molar-refractivity contribution in [3.8, 4) is 0 Å². The number of hydrazine groups is 1. The van der Waals surface area contributed by atoms with Crippen LogP contribution in [0.4, 0.5) is 17.3 Å². The van der Waals surface area contributed by atoms with Gasteiger partial charge in [0.15, 0.2) is 17.3 Å².